The summed E-state index contributed by atoms with van der Waals surface area (Å²) in [5.41, 5.74) is 0.466. The number of nitrogens with zero attached hydrogens (tertiary/aromatic N) is 3. The van der Waals surface area contributed by atoms with Crippen LogP contribution in [0.1, 0.15) is 44.3 Å². The third-order valence-electron chi connectivity index (χ3n) is 4.57. The fourth-order valence-corrected chi connectivity index (χ4v) is 3.38. The van der Waals surface area contributed by atoms with E-state index < -0.39 is 0 Å². The molecule has 0 radical (unpaired) electrons. The summed E-state index contributed by atoms with van der Waals surface area (Å²) < 4.78 is 6.92. The summed E-state index contributed by atoms with van der Waals surface area (Å²) in [5.74, 6) is 1.23. The largest absolute Gasteiger partial charge is 0.469 e. The first kappa shape index (κ1) is 14.3. The van der Waals surface area contributed by atoms with Gasteiger partial charge in [0.15, 0.2) is 5.15 Å². The second-order valence-corrected chi connectivity index (χ2v) is 6.27. The highest BCUT2D eigenvalue weighted by atomic mass is 35.5. The molecule has 0 unspecified atom stereocenters. The first-order chi connectivity index (χ1) is 10.0. The van der Waals surface area contributed by atoms with Crippen LogP contribution in [-0.2, 0) is 9.53 Å². The van der Waals surface area contributed by atoms with Crippen molar-refractivity contribution < 1.29 is 9.53 Å². The summed E-state index contributed by atoms with van der Waals surface area (Å²) in [6.07, 6.45) is 8.81. The second kappa shape index (κ2) is 5.30. The lowest BCUT2D eigenvalue weighted by atomic mass is 9.71. The van der Waals surface area contributed by atoms with E-state index in [1.165, 1.54) is 7.11 Å². The van der Waals surface area contributed by atoms with Gasteiger partial charge in [0.25, 0.3) is 0 Å². The summed E-state index contributed by atoms with van der Waals surface area (Å²) in [4.78, 5) is 20.5. The van der Waals surface area contributed by atoms with Crippen LogP contribution in [0.25, 0.3) is 5.52 Å². The van der Waals surface area contributed by atoms with Crippen molar-refractivity contribution in [2.24, 2.45) is 5.41 Å². The predicted octanol–water partition coefficient (Wildman–Crippen LogP) is 3.22. The maximum absolute atomic E-state index is 11.9. The first-order valence-electron chi connectivity index (χ1n) is 7.11. The second-order valence-electron chi connectivity index (χ2n) is 5.92. The third-order valence-corrected chi connectivity index (χ3v) is 4.86. The van der Waals surface area contributed by atoms with Gasteiger partial charge in [0.05, 0.1) is 18.7 Å². The summed E-state index contributed by atoms with van der Waals surface area (Å²) in [7, 11) is 1.46. The zero-order valence-electron chi connectivity index (χ0n) is 12.2. The Kier molecular flexibility index (Phi) is 3.61. The molecule has 5 nitrogen and oxygen atoms in total. The van der Waals surface area contributed by atoms with Crippen molar-refractivity contribution >= 4 is 23.1 Å². The van der Waals surface area contributed by atoms with Gasteiger partial charge in [0, 0.05) is 18.3 Å². The van der Waals surface area contributed by atoms with Crippen LogP contribution >= 0.6 is 11.6 Å². The number of methoxy groups -OCH3 is 1. The van der Waals surface area contributed by atoms with Gasteiger partial charge in [-0.1, -0.05) is 11.6 Å². The lowest BCUT2D eigenvalue weighted by Crippen LogP contribution is -2.33. The van der Waals surface area contributed by atoms with Gasteiger partial charge in [-0.3, -0.25) is 9.20 Å². The maximum Gasteiger partial charge on any atom is 0.311 e. The van der Waals surface area contributed by atoms with E-state index in [4.69, 9.17) is 16.3 Å². The number of hydrogen-bond acceptors (Lipinski definition) is 4. The molecule has 1 aliphatic carbocycles. The number of ether oxygens (including phenoxy) is 1. The van der Waals surface area contributed by atoms with Crippen LogP contribution in [0.5, 0.6) is 0 Å². The van der Waals surface area contributed by atoms with Crippen molar-refractivity contribution in [3.63, 3.8) is 0 Å². The molecule has 2 aromatic rings. The molecule has 0 aromatic carbocycles. The smallest absolute Gasteiger partial charge is 0.311 e. The van der Waals surface area contributed by atoms with Crippen LogP contribution in [0.15, 0.2) is 18.6 Å². The molecule has 1 fully saturated rings. The van der Waals surface area contributed by atoms with Gasteiger partial charge in [-0.15, -0.1) is 0 Å². The van der Waals surface area contributed by atoms with Crippen LogP contribution in [0.2, 0.25) is 5.15 Å². The molecule has 1 aliphatic rings. The topological polar surface area (TPSA) is 56.5 Å². The molecule has 21 heavy (non-hydrogen) atoms. The van der Waals surface area contributed by atoms with Gasteiger partial charge in [0.2, 0.25) is 0 Å². The molecule has 0 spiro atoms. The molecule has 2 heterocycles. The summed E-state index contributed by atoms with van der Waals surface area (Å²) in [6, 6.07) is 0. The first-order valence-corrected chi connectivity index (χ1v) is 7.49. The van der Waals surface area contributed by atoms with E-state index in [0.29, 0.717) is 11.1 Å². The molecule has 0 atom stereocenters. The van der Waals surface area contributed by atoms with Crippen LogP contribution in [-0.4, -0.2) is 27.4 Å². The minimum Gasteiger partial charge on any atom is -0.469 e. The molecule has 3 rings (SSSR count). The molecular weight excluding hydrogens is 290 g/mol. The number of carbonyl (C=O) groups is 1. The molecule has 0 aliphatic heterocycles. The monoisotopic (exact) mass is 307 g/mol. The van der Waals surface area contributed by atoms with Crippen LogP contribution in [0, 0.1) is 5.41 Å². The Morgan fingerprint density at radius 3 is 2.81 bits per heavy atom. The van der Waals surface area contributed by atoms with Gasteiger partial charge < -0.3 is 4.74 Å². The van der Waals surface area contributed by atoms with E-state index in [1.807, 2.05) is 17.5 Å². The molecule has 0 bridgehead atoms. The maximum atomic E-state index is 11.9. The van der Waals surface area contributed by atoms with E-state index in [-0.39, 0.29) is 11.4 Å². The van der Waals surface area contributed by atoms with Gasteiger partial charge in [-0.25, -0.2) is 9.97 Å². The van der Waals surface area contributed by atoms with Crippen molar-refractivity contribution in [2.75, 3.05) is 7.11 Å². The van der Waals surface area contributed by atoms with Gasteiger partial charge in [-0.2, -0.15) is 0 Å². The van der Waals surface area contributed by atoms with Crippen molar-refractivity contribution in [1.29, 1.82) is 0 Å². The third kappa shape index (κ3) is 2.39. The highest BCUT2D eigenvalue weighted by Crippen LogP contribution is 2.43. The Morgan fingerprint density at radius 1 is 1.43 bits per heavy atom. The highest BCUT2D eigenvalue weighted by Gasteiger charge is 2.39. The normalized spacial score (nSPS) is 26.0. The van der Waals surface area contributed by atoms with Crippen LogP contribution in [0.3, 0.4) is 0 Å². The average Bonchev–Trinajstić information content (AvgIpc) is 2.92. The minimum atomic E-state index is -0.364. The standard InChI is InChI=1S/C15H18ClN3O2/c1-15(14(20)21-2)5-3-10(4-6-15)13-18-9-11-12(16)17-7-8-19(11)13/h7-10H,3-6H2,1-2H3. The zero-order valence-corrected chi connectivity index (χ0v) is 12.9. The van der Waals surface area contributed by atoms with Crippen molar-refractivity contribution in [2.45, 2.75) is 38.5 Å². The Bertz CT molecular complexity index is 675. The molecule has 2 aromatic heterocycles. The zero-order chi connectivity index (χ0) is 15.0. The number of aromatic nitrogens is 3. The number of rotatable bonds is 2. The number of fused-ring (bicyclic) bond motifs is 1. The van der Waals surface area contributed by atoms with E-state index in [9.17, 15) is 4.79 Å². The lowest BCUT2D eigenvalue weighted by molar-refractivity contribution is -0.153. The summed E-state index contributed by atoms with van der Waals surface area (Å²) in [5, 5.41) is 0.464. The Morgan fingerprint density at radius 2 is 2.14 bits per heavy atom. The number of imidazole rings is 1. The Hall–Kier alpha value is -1.62. The van der Waals surface area contributed by atoms with Gasteiger partial charge in [0.1, 0.15) is 11.3 Å². The Balaban J connectivity index is 1.83. The number of hydrogen-bond donors (Lipinski definition) is 0. The van der Waals surface area contributed by atoms with Crippen molar-refractivity contribution in [3.8, 4) is 0 Å². The summed E-state index contributed by atoms with van der Waals surface area (Å²) >= 11 is 6.08. The molecule has 6 heteroatoms. The van der Waals surface area contributed by atoms with E-state index >= 15 is 0 Å². The molecule has 1 saturated carbocycles. The molecule has 0 saturated heterocycles. The SMILES string of the molecule is COC(=O)C1(C)CCC(c2ncc3c(Cl)nccn23)CC1. The van der Waals surface area contributed by atoms with E-state index in [1.54, 1.807) is 12.4 Å². The quantitative estimate of drug-likeness (QED) is 0.799. The molecule has 112 valence electrons. The number of halogens is 1. The van der Waals surface area contributed by atoms with E-state index in [2.05, 4.69) is 9.97 Å². The minimum absolute atomic E-state index is 0.110. The lowest BCUT2D eigenvalue weighted by Gasteiger charge is -2.34. The number of esters is 1. The predicted molar refractivity (Wildman–Crippen MR) is 79.3 cm³/mol. The van der Waals surface area contributed by atoms with Crippen molar-refractivity contribution in [3.05, 3.63) is 29.6 Å². The van der Waals surface area contributed by atoms with Crippen LogP contribution in [0.4, 0.5) is 0 Å². The highest BCUT2D eigenvalue weighted by molar-refractivity contribution is 6.32. The van der Waals surface area contributed by atoms with E-state index in [0.717, 1.165) is 37.0 Å². The van der Waals surface area contributed by atoms with Gasteiger partial charge in [-0.05, 0) is 32.6 Å². The van der Waals surface area contributed by atoms with Crippen LogP contribution < -0.4 is 0 Å². The molecule has 0 amide bonds. The Labute approximate surface area is 128 Å². The van der Waals surface area contributed by atoms with Gasteiger partial charge >= 0.3 is 5.97 Å². The molecule has 0 N–H and O–H groups in total. The fourth-order valence-electron chi connectivity index (χ4n) is 3.18. The molecular formula is C15H18ClN3O2. The summed E-state index contributed by atoms with van der Waals surface area (Å²) in [6.45, 7) is 1.99. The fraction of sp³-hybridized carbons (Fsp3) is 0.533. The average molecular weight is 308 g/mol. The van der Waals surface area contributed by atoms with Crippen molar-refractivity contribution in [1.82, 2.24) is 14.4 Å². The number of carbonyl (C=O) groups excluding carboxylic acids is 1.